The molecule has 4 heterocycles. The molecular formula is C28H28N4O5. The molecule has 3 aromatic heterocycles. The summed E-state index contributed by atoms with van der Waals surface area (Å²) < 4.78 is 14.3. The number of aryl methyl sites for hydroxylation is 2. The van der Waals surface area contributed by atoms with Crippen molar-refractivity contribution in [2.45, 2.75) is 46.3 Å². The highest BCUT2D eigenvalue weighted by atomic mass is 16.5. The van der Waals surface area contributed by atoms with Gasteiger partial charge in [0.05, 0.1) is 24.6 Å². The number of fused-ring (bicyclic) bond motifs is 2. The first-order valence-electron chi connectivity index (χ1n) is 12.4. The lowest BCUT2D eigenvalue weighted by Gasteiger charge is -2.18. The molecular weight excluding hydrogens is 472 g/mol. The second-order valence-corrected chi connectivity index (χ2v) is 9.12. The molecule has 0 radical (unpaired) electrons. The third-order valence-electron chi connectivity index (χ3n) is 6.59. The Morgan fingerprint density at radius 1 is 1.11 bits per heavy atom. The summed E-state index contributed by atoms with van der Waals surface area (Å²) in [5, 5.41) is 0.228. The SMILES string of the molecule is CCOC(=O)c1cc2c(=O)n3cccc(C)c3nc2n(C[C@H]2CCCO2)c1=NC(=O)c1ccccc1C. The van der Waals surface area contributed by atoms with Crippen LogP contribution in [0.5, 0.6) is 0 Å². The molecule has 9 nitrogen and oxygen atoms in total. The van der Waals surface area contributed by atoms with E-state index in [0.717, 1.165) is 24.0 Å². The van der Waals surface area contributed by atoms with E-state index in [1.165, 1.54) is 10.5 Å². The van der Waals surface area contributed by atoms with Gasteiger partial charge < -0.3 is 14.0 Å². The molecule has 0 unspecified atom stereocenters. The summed E-state index contributed by atoms with van der Waals surface area (Å²) in [5.74, 6) is -1.17. The number of aromatic nitrogens is 3. The van der Waals surface area contributed by atoms with E-state index in [1.54, 1.807) is 35.9 Å². The molecule has 9 heteroatoms. The molecule has 0 N–H and O–H groups in total. The van der Waals surface area contributed by atoms with Gasteiger partial charge in [-0.25, -0.2) is 9.78 Å². The van der Waals surface area contributed by atoms with E-state index in [-0.39, 0.29) is 41.3 Å². The van der Waals surface area contributed by atoms with E-state index in [0.29, 0.717) is 23.5 Å². The van der Waals surface area contributed by atoms with Crippen molar-refractivity contribution in [1.82, 2.24) is 14.0 Å². The van der Waals surface area contributed by atoms with Crippen LogP contribution in [0.2, 0.25) is 0 Å². The van der Waals surface area contributed by atoms with Crippen LogP contribution in [-0.2, 0) is 16.0 Å². The van der Waals surface area contributed by atoms with Gasteiger partial charge in [-0.2, -0.15) is 4.99 Å². The summed E-state index contributed by atoms with van der Waals surface area (Å²) in [6.45, 7) is 6.42. The van der Waals surface area contributed by atoms with Crippen LogP contribution in [0.15, 0.2) is 58.4 Å². The molecule has 0 bridgehead atoms. The van der Waals surface area contributed by atoms with Gasteiger partial charge in [-0.3, -0.25) is 14.0 Å². The molecule has 1 atom stereocenters. The number of ether oxygens (including phenoxy) is 2. The molecule has 0 saturated carbocycles. The number of hydrogen-bond acceptors (Lipinski definition) is 6. The number of carbonyl (C=O) groups is 2. The Morgan fingerprint density at radius 3 is 2.62 bits per heavy atom. The van der Waals surface area contributed by atoms with Crippen LogP contribution >= 0.6 is 0 Å². The Morgan fingerprint density at radius 2 is 1.89 bits per heavy atom. The summed E-state index contributed by atoms with van der Waals surface area (Å²) >= 11 is 0. The van der Waals surface area contributed by atoms with Crippen LogP contribution in [0.1, 0.15) is 51.6 Å². The predicted molar refractivity (Wildman–Crippen MR) is 138 cm³/mol. The van der Waals surface area contributed by atoms with Crippen molar-refractivity contribution in [3.8, 4) is 0 Å². The first-order valence-corrected chi connectivity index (χ1v) is 12.4. The summed E-state index contributed by atoms with van der Waals surface area (Å²) in [6, 6.07) is 12.2. The zero-order valence-electron chi connectivity index (χ0n) is 21.1. The maximum atomic E-state index is 13.6. The van der Waals surface area contributed by atoms with Crippen molar-refractivity contribution in [2.75, 3.05) is 13.2 Å². The van der Waals surface area contributed by atoms with E-state index in [9.17, 15) is 14.4 Å². The largest absolute Gasteiger partial charge is 0.462 e. The number of esters is 1. The molecule has 4 aromatic rings. The summed E-state index contributed by atoms with van der Waals surface area (Å²) in [7, 11) is 0. The Bertz CT molecular complexity index is 1660. The Hall–Kier alpha value is -4.11. The zero-order valence-corrected chi connectivity index (χ0v) is 21.1. The molecule has 1 aliphatic rings. The fourth-order valence-electron chi connectivity index (χ4n) is 4.70. The molecule has 0 aliphatic carbocycles. The van der Waals surface area contributed by atoms with Crippen LogP contribution in [0.3, 0.4) is 0 Å². The summed E-state index contributed by atoms with van der Waals surface area (Å²) in [5.41, 5.74) is 2.61. The molecule has 1 saturated heterocycles. The highest BCUT2D eigenvalue weighted by Crippen LogP contribution is 2.18. The van der Waals surface area contributed by atoms with Crippen LogP contribution < -0.4 is 11.0 Å². The molecule has 1 aliphatic heterocycles. The second-order valence-electron chi connectivity index (χ2n) is 9.12. The van der Waals surface area contributed by atoms with Crippen LogP contribution in [0, 0.1) is 13.8 Å². The standard InChI is InChI=1S/C28H28N4O5/c1-4-36-28(35)22-15-21-24(29-23-18(3)10-7-13-31(23)27(21)34)32(16-19-11-8-14-37-19)25(22)30-26(33)20-12-6-5-9-17(20)2/h5-7,9-10,12-13,15,19H,4,8,11,14,16H2,1-3H3/t19-/m1/s1. The second kappa shape index (κ2) is 10.1. The molecule has 1 amide bonds. The van der Waals surface area contributed by atoms with Gasteiger partial charge in [0, 0.05) is 18.4 Å². The van der Waals surface area contributed by atoms with Crippen molar-refractivity contribution in [3.63, 3.8) is 0 Å². The average Bonchev–Trinajstić information content (AvgIpc) is 3.40. The fourth-order valence-corrected chi connectivity index (χ4v) is 4.70. The van der Waals surface area contributed by atoms with Crippen molar-refractivity contribution >= 4 is 28.6 Å². The van der Waals surface area contributed by atoms with Crippen molar-refractivity contribution in [1.29, 1.82) is 0 Å². The van der Waals surface area contributed by atoms with Gasteiger partial charge in [0.15, 0.2) is 5.49 Å². The van der Waals surface area contributed by atoms with Gasteiger partial charge in [0.2, 0.25) is 0 Å². The number of pyridine rings is 2. The van der Waals surface area contributed by atoms with Gasteiger partial charge in [-0.05, 0) is 62.9 Å². The minimum Gasteiger partial charge on any atom is -0.462 e. The number of amides is 1. The molecule has 0 spiro atoms. The highest BCUT2D eigenvalue weighted by molar-refractivity contribution is 5.98. The van der Waals surface area contributed by atoms with Gasteiger partial charge >= 0.3 is 5.97 Å². The Labute approximate surface area is 213 Å². The van der Waals surface area contributed by atoms with Crippen LogP contribution in [0.25, 0.3) is 16.7 Å². The minimum atomic E-state index is -0.671. The molecule has 1 fully saturated rings. The Kier molecular flexibility index (Phi) is 6.71. The lowest BCUT2D eigenvalue weighted by atomic mass is 10.1. The van der Waals surface area contributed by atoms with Crippen LogP contribution in [-0.4, -0.2) is 45.1 Å². The maximum absolute atomic E-state index is 13.6. The summed E-state index contributed by atoms with van der Waals surface area (Å²) in [4.78, 5) is 49.4. The van der Waals surface area contributed by atoms with E-state index >= 15 is 0 Å². The number of nitrogens with zero attached hydrogens (tertiary/aromatic N) is 4. The van der Waals surface area contributed by atoms with Crippen LogP contribution in [0.4, 0.5) is 0 Å². The van der Waals surface area contributed by atoms with Gasteiger partial charge in [-0.15, -0.1) is 0 Å². The van der Waals surface area contributed by atoms with E-state index in [2.05, 4.69) is 4.99 Å². The number of carbonyl (C=O) groups excluding carboxylic acids is 2. The average molecular weight is 501 g/mol. The predicted octanol–water partition coefficient (Wildman–Crippen LogP) is 3.36. The lowest BCUT2D eigenvalue weighted by Crippen LogP contribution is -2.35. The van der Waals surface area contributed by atoms with Gasteiger partial charge in [-0.1, -0.05) is 24.3 Å². The quantitative estimate of drug-likeness (QED) is 0.307. The smallest absolute Gasteiger partial charge is 0.341 e. The molecule has 190 valence electrons. The van der Waals surface area contributed by atoms with Gasteiger partial charge in [0.1, 0.15) is 16.9 Å². The lowest BCUT2D eigenvalue weighted by molar-refractivity contribution is 0.0521. The van der Waals surface area contributed by atoms with Gasteiger partial charge in [0.25, 0.3) is 11.5 Å². The molecule has 37 heavy (non-hydrogen) atoms. The number of benzene rings is 1. The first kappa shape index (κ1) is 24.6. The molecule has 1 aromatic carbocycles. The van der Waals surface area contributed by atoms with Crippen molar-refractivity contribution in [2.24, 2.45) is 4.99 Å². The monoisotopic (exact) mass is 500 g/mol. The van der Waals surface area contributed by atoms with E-state index in [1.807, 2.05) is 32.0 Å². The normalized spacial score (nSPS) is 16.0. The minimum absolute atomic E-state index is 0.0285. The van der Waals surface area contributed by atoms with E-state index in [4.69, 9.17) is 14.5 Å². The third kappa shape index (κ3) is 4.58. The molecule has 5 rings (SSSR count). The number of hydrogen-bond donors (Lipinski definition) is 0. The zero-order chi connectivity index (χ0) is 26.1. The number of rotatable bonds is 5. The third-order valence-corrected chi connectivity index (χ3v) is 6.59. The Balaban J connectivity index is 1.89. The topological polar surface area (TPSA) is 104 Å². The first-order chi connectivity index (χ1) is 17.9. The maximum Gasteiger partial charge on any atom is 0.341 e. The highest BCUT2D eigenvalue weighted by Gasteiger charge is 2.24. The van der Waals surface area contributed by atoms with E-state index < -0.39 is 11.9 Å². The fraction of sp³-hybridized carbons (Fsp3) is 0.321. The van der Waals surface area contributed by atoms with Crippen molar-refractivity contribution < 1.29 is 19.1 Å². The summed E-state index contributed by atoms with van der Waals surface area (Å²) in [6.07, 6.45) is 3.17. The van der Waals surface area contributed by atoms with Crippen molar-refractivity contribution in [3.05, 3.63) is 86.8 Å².